The number of carbonyl (C=O) groups excluding carboxylic acids is 2. The molecule has 2 amide bonds. The van der Waals surface area contributed by atoms with E-state index in [-0.39, 0.29) is 92.2 Å². The van der Waals surface area contributed by atoms with Crippen LogP contribution in [0.5, 0.6) is 5.75 Å². The molecule has 4 aliphatic heterocycles. The van der Waals surface area contributed by atoms with E-state index in [2.05, 4.69) is 47.1 Å². The fourth-order valence-corrected chi connectivity index (χ4v) is 9.94. The van der Waals surface area contributed by atoms with Crippen LogP contribution in [0.2, 0.25) is 0 Å². The van der Waals surface area contributed by atoms with Crippen molar-refractivity contribution in [2.75, 3.05) is 56.2 Å². The van der Waals surface area contributed by atoms with Crippen LogP contribution in [0.4, 0.5) is 42.1 Å². The Hall–Kier alpha value is -6.61. The Kier molecular flexibility index (Phi) is 14.0. The molecule has 0 radical (unpaired) electrons. The Bertz CT molecular complexity index is 2810. The number of ether oxygens (including phenoxy) is 1. The second-order valence-electron chi connectivity index (χ2n) is 17.5. The van der Waals surface area contributed by atoms with Crippen molar-refractivity contribution in [1.82, 2.24) is 49.3 Å². The minimum absolute atomic E-state index is 0.0232. The lowest BCUT2D eigenvalue weighted by Crippen LogP contribution is -2.49. The molecular weight excluding hydrogens is 914 g/mol. The number of anilines is 2. The van der Waals surface area contributed by atoms with Gasteiger partial charge in [0.15, 0.2) is 11.6 Å². The second kappa shape index (κ2) is 19.8. The number of fused-ring (bicyclic) bond motifs is 4. The molecule has 0 N–H and O–H groups in total. The third kappa shape index (κ3) is 9.97. The van der Waals surface area contributed by atoms with Gasteiger partial charge in [0, 0.05) is 111 Å². The average molecular weight is 967 g/mol. The molecule has 0 bridgehead atoms. The largest absolute Gasteiger partial charge is 0.497 e. The first-order valence-electron chi connectivity index (χ1n) is 23.0. The molecule has 2 saturated heterocycles. The number of amides is 2. The maximum absolute atomic E-state index is 13.6. The minimum Gasteiger partial charge on any atom is -0.497 e. The monoisotopic (exact) mass is 966 g/mol. The summed E-state index contributed by atoms with van der Waals surface area (Å²) in [5.74, 6) is -1.70. The first-order chi connectivity index (χ1) is 33.0. The number of hydrogen-bond donors (Lipinski definition) is 0. The van der Waals surface area contributed by atoms with Gasteiger partial charge in [-0.25, -0.2) is 4.39 Å². The topological polar surface area (TPSA) is 144 Å². The van der Waals surface area contributed by atoms with Gasteiger partial charge in [0.05, 0.1) is 31.2 Å². The van der Waals surface area contributed by atoms with E-state index in [4.69, 9.17) is 4.74 Å². The number of methoxy groups -OCH3 is 1. The van der Waals surface area contributed by atoms with Gasteiger partial charge in [-0.05, 0) is 61.1 Å². The van der Waals surface area contributed by atoms with Crippen molar-refractivity contribution in [3.8, 4) is 5.75 Å². The molecule has 15 nitrogen and oxygen atoms in total. The van der Waals surface area contributed by atoms with Crippen LogP contribution in [-0.2, 0) is 48.1 Å². The summed E-state index contributed by atoms with van der Waals surface area (Å²) in [5.41, 5.74) is 3.44. The zero-order chi connectivity index (χ0) is 49.4. The quantitative estimate of drug-likeness (QED) is 0.156. The highest BCUT2D eigenvalue weighted by atomic mass is 19.4. The maximum atomic E-state index is 13.6. The average Bonchev–Trinajstić information content (AvgIpc) is 3.99. The Labute approximate surface area is 393 Å². The van der Waals surface area contributed by atoms with Crippen molar-refractivity contribution in [3.05, 3.63) is 90.0 Å². The van der Waals surface area contributed by atoms with E-state index in [1.807, 2.05) is 51.1 Å². The SMILES string of the molecule is CC.CC1CN(c2ccnc3cc(F)ccc23)CCC1C(=O)N1CCn2c(nnc2C(F)(F)F)C1.COc1ccc2c(N3CCC(C(=O)N4CCn5c(nnc5C(F)(F)F)C4)C(C)C3)ccnc2c1. The van der Waals surface area contributed by atoms with E-state index in [1.54, 1.807) is 35.4 Å². The lowest BCUT2D eigenvalue weighted by Gasteiger charge is -2.40. The summed E-state index contributed by atoms with van der Waals surface area (Å²) in [5, 5.41) is 15.8. The summed E-state index contributed by atoms with van der Waals surface area (Å²) in [6, 6.07) is 14.2. The number of carbonyl (C=O) groups is 2. The molecule has 0 aliphatic carbocycles. The Morgan fingerprint density at radius 2 is 1.06 bits per heavy atom. The van der Waals surface area contributed by atoms with E-state index < -0.39 is 24.0 Å². The molecule has 0 spiro atoms. The molecular formula is C47H53F7N12O3. The molecule has 368 valence electrons. The minimum atomic E-state index is -4.57. The number of nitrogens with zero attached hydrogens (tertiary/aromatic N) is 12. The number of aromatic nitrogens is 8. The van der Waals surface area contributed by atoms with E-state index in [0.29, 0.717) is 44.5 Å². The number of piperidine rings is 2. The van der Waals surface area contributed by atoms with Crippen LogP contribution in [0, 0.1) is 29.5 Å². The van der Waals surface area contributed by atoms with Crippen molar-refractivity contribution in [3.63, 3.8) is 0 Å². The van der Waals surface area contributed by atoms with Crippen molar-refractivity contribution in [2.45, 2.75) is 79.1 Å². The van der Waals surface area contributed by atoms with E-state index >= 15 is 0 Å². The van der Waals surface area contributed by atoms with Crippen LogP contribution in [-0.4, -0.2) is 107 Å². The molecule has 4 unspecified atom stereocenters. The number of benzene rings is 2. The predicted molar refractivity (Wildman–Crippen MR) is 241 cm³/mol. The Morgan fingerprint density at radius 1 is 0.609 bits per heavy atom. The van der Waals surface area contributed by atoms with E-state index in [1.165, 1.54) is 12.1 Å². The molecule has 69 heavy (non-hydrogen) atoms. The van der Waals surface area contributed by atoms with Gasteiger partial charge in [-0.3, -0.25) is 19.6 Å². The Balaban J connectivity index is 0.000000180. The summed E-state index contributed by atoms with van der Waals surface area (Å²) in [4.78, 5) is 42.9. The number of hydrogen-bond acceptors (Lipinski definition) is 11. The molecule has 2 fully saturated rings. The molecule has 4 aromatic heterocycles. The fourth-order valence-electron chi connectivity index (χ4n) is 9.94. The summed E-state index contributed by atoms with van der Waals surface area (Å²) in [6.07, 6.45) is -4.42. The van der Waals surface area contributed by atoms with Gasteiger partial charge in [0.1, 0.15) is 11.6 Å². The standard InChI is InChI=1S/C23H25F3N6O2.C22H22F4N6O.C2H6/c1-14-12-30(19-5-7-27-18-11-15(34-2)3-4-17(18)19)8-6-16(14)21(33)31-9-10-32-20(13-31)28-29-22(32)23(24,25)26;1-13-11-30(18-4-6-27-17-10-14(23)2-3-16(17)18)7-5-15(13)20(33)31-8-9-32-19(12-31)28-29-21(32)22(24,25)26;1-2/h3-5,7,11,14,16H,6,8-10,12-13H2,1-2H3;2-4,6,10,13,15H,5,7-9,11-12H2,1H3;1-2H3. The van der Waals surface area contributed by atoms with E-state index in [9.17, 15) is 40.3 Å². The van der Waals surface area contributed by atoms with Crippen molar-refractivity contribution < 1.29 is 45.1 Å². The number of pyridine rings is 2. The molecule has 0 saturated carbocycles. The van der Waals surface area contributed by atoms with Crippen LogP contribution in [0.15, 0.2) is 60.9 Å². The summed E-state index contributed by atoms with van der Waals surface area (Å²) >= 11 is 0. The third-order valence-corrected chi connectivity index (χ3v) is 13.4. The lowest BCUT2D eigenvalue weighted by molar-refractivity contribution is -0.149. The van der Waals surface area contributed by atoms with E-state index in [0.717, 1.165) is 42.5 Å². The normalized spacial score (nSPS) is 20.6. The maximum Gasteiger partial charge on any atom is 0.451 e. The smallest absolute Gasteiger partial charge is 0.451 e. The number of rotatable bonds is 5. The van der Waals surface area contributed by atoms with Crippen LogP contribution in [0.25, 0.3) is 21.8 Å². The van der Waals surface area contributed by atoms with Gasteiger partial charge in [0.2, 0.25) is 23.5 Å². The fraction of sp³-hybridized carbons (Fsp3) is 0.489. The van der Waals surface area contributed by atoms with Gasteiger partial charge in [-0.1, -0.05) is 27.7 Å². The predicted octanol–water partition coefficient (Wildman–Crippen LogP) is 7.87. The first-order valence-corrected chi connectivity index (χ1v) is 23.0. The summed E-state index contributed by atoms with van der Waals surface area (Å²) < 4.78 is 99.5. The van der Waals surface area contributed by atoms with Crippen LogP contribution in [0.1, 0.15) is 63.8 Å². The van der Waals surface area contributed by atoms with Gasteiger partial charge >= 0.3 is 12.4 Å². The summed E-state index contributed by atoms with van der Waals surface area (Å²) in [7, 11) is 1.62. The molecule has 22 heteroatoms. The Morgan fingerprint density at radius 3 is 1.49 bits per heavy atom. The molecule has 2 aromatic carbocycles. The molecule has 4 atom stereocenters. The van der Waals surface area contributed by atoms with Gasteiger partial charge in [0.25, 0.3) is 0 Å². The van der Waals surface area contributed by atoms with Crippen LogP contribution in [0.3, 0.4) is 0 Å². The molecule has 4 aliphatic rings. The highest BCUT2D eigenvalue weighted by molar-refractivity contribution is 5.93. The first kappa shape index (κ1) is 48.8. The van der Waals surface area contributed by atoms with Gasteiger partial charge < -0.3 is 33.5 Å². The van der Waals surface area contributed by atoms with Gasteiger partial charge in [-0.15, -0.1) is 20.4 Å². The lowest BCUT2D eigenvalue weighted by atomic mass is 9.85. The molecule has 10 rings (SSSR count). The highest BCUT2D eigenvalue weighted by Crippen LogP contribution is 2.37. The van der Waals surface area contributed by atoms with Crippen LogP contribution >= 0.6 is 0 Å². The zero-order valence-electron chi connectivity index (χ0n) is 38.8. The molecule has 6 aromatic rings. The molecule has 8 heterocycles. The van der Waals surface area contributed by atoms with Crippen molar-refractivity contribution in [2.24, 2.45) is 23.7 Å². The van der Waals surface area contributed by atoms with Gasteiger partial charge in [-0.2, -0.15) is 26.3 Å². The zero-order valence-corrected chi connectivity index (χ0v) is 38.8. The number of alkyl halides is 6. The second-order valence-corrected chi connectivity index (χ2v) is 17.5. The third-order valence-electron chi connectivity index (χ3n) is 13.4. The van der Waals surface area contributed by atoms with Crippen molar-refractivity contribution in [1.29, 1.82) is 0 Å². The summed E-state index contributed by atoms with van der Waals surface area (Å²) in [6.45, 7) is 11.3. The number of halogens is 7. The highest BCUT2D eigenvalue weighted by Gasteiger charge is 2.43. The van der Waals surface area contributed by atoms with Crippen LogP contribution < -0.4 is 14.5 Å². The van der Waals surface area contributed by atoms with Crippen molar-refractivity contribution >= 4 is 45.0 Å².